The second-order valence-electron chi connectivity index (χ2n) is 10.9. The zero-order valence-corrected chi connectivity index (χ0v) is 21.2. The summed E-state index contributed by atoms with van der Waals surface area (Å²) in [7, 11) is 0. The van der Waals surface area contributed by atoms with Crippen molar-refractivity contribution in [1.82, 2.24) is 24.9 Å². The van der Waals surface area contributed by atoms with Gasteiger partial charge in [0.2, 0.25) is 0 Å². The Balaban J connectivity index is 1.19. The van der Waals surface area contributed by atoms with Crippen molar-refractivity contribution in [3.8, 4) is 16.9 Å². The predicted molar refractivity (Wildman–Crippen MR) is 137 cm³/mol. The third-order valence-electron chi connectivity index (χ3n) is 7.15. The fourth-order valence-electron chi connectivity index (χ4n) is 4.89. The molecule has 2 heterocycles. The van der Waals surface area contributed by atoms with Crippen molar-refractivity contribution in [2.24, 2.45) is 5.92 Å². The molecule has 0 aliphatic heterocycles. The number of aromatic nitrogens is 4. The molecule has 4 aromatic rings. The minimum absolute atomic E-state index is 0.0764. The molecule has 0 bridgehead atoms. The van der Waals surface area contributed by atoms with Crippen LogP contribution in [0, 0.1) is 17.6 Å². The first kappa shape index (κ1) is 24.9. The summed E-state index contributed by atoms with van der Waals surface area (Å²) in [5, 5.41) is 22.4. The first-order chi connectivity index (χ1) is 17.6. The maximum Gasteiger partial charge on any atom is 0.251 e. The summed E-state index contributed by atoms with van der Waals surface area (Å²) in [5.41, 5.74) is 2.87. The minimum atomic E-state index is -1.15. The van der Waals surface area contributed by atoms with E-state index in [0.29, 0.717) is 6.54 Å². The van der Waals surface area contributed by atoms with Crippen molar-refractivity contribution in [3.63, 3.8) is 0 Å². The fourth-order valence-corrected chi connectivity index (χ4v) is 4.89. The number of halogens is 2. The lowest BCUT2D eigenvalue weighted by Gasteiger charge is -2.28. The molecular formula is C28H31F2N5O2. The molecule has 2 aromatic carbocycles. The van der Waals surface area contributed by atoms with E-state index in [1.54, 1.807) is 0 Å². The van der Waals surface area contributed by atoms with Crippen LogP contribution < -0.4 is 5.32 Å². The van der Waals surface area contributed by atoms with Crippen molar-refractivity contribution >= 4 is 16.8 Å². The van der Waals surface area contributed by atoms with Gasteiger partial charge >= 0.3 is 0 Å². The summed E-state index contributed by atoms with van der Waals surface area (Å²) in [6.07, 6.45) is 9.74. The van der Waals surface area contributed by atoms with E-state index >= 15 is 0 Å². The van der Waals surface area contributed by atoms with Crippen molar-refractivity contribution in [2.45, 2.75) is 58.0 Å². The van der Waals surface area contributed by atoms with Crippen LogP contribution in [-0.2, 0) is 5.54 Å². The molecule has 0 radical (unpaired) electrons. The van der Waals surface area contributed by atoms with Crippen molar-refractivity contribution in [3.05, 3.63) is 66.1 Å². The number of amides is 1. The number of hydrogen-bond acceptors (Lipinski definition) is 4. The van der Waals surface area contributed by atoms with Gasteiger partial charge in [0.05, 0.1) is 23.3 Å². The number of phenols is 1. The summed E-state index contributed by atoms with van der Waals surface area (Å²) in [5.74, 6) is -3.65. The molecule has 2 N–H and O–H groups in total. The number of nitrogens with one attached hydrogen (secondary N) is 1. The molecule has 0 unspecified atom stereocenters. The average molecular weight is 508 g/mol. The standard InChI is InChI=1S/C28H31F2N5O2/c1-28(2,3)35-16-21(14-32-35)18-6-7-19-15-34(33-25(19)12-18)22-8-4-17(5-9-22)13-31-27(37)20-10-23(29)26(36)24(30)11-20/h6-7,10-12,14-17,22,36H,4-5,8-9,13H2,1-3H3,(H,31,37)/t17-,22-. The van der Waals surface area contributed by atoms with Gasteiger partial charge in [-0.3, -0.25) is 14.2 Å². The number of rotatable bonds is 5. The Morgan fingerprint density at radius 1 is 1.05 bits per heavy atom. The molecule has 1 amide bonds. The van der Waals surface area contributed by atoms with Crippen LogP contribution in [0.15, 0.2) is 48.9 Å². The highest BCUT2D eigenvalue weighted by molar-refractivity contribution is 5.94. The van der Waals surface area contributed by atoms with Crippen LogP contribution in [0.1, 0.15) is 62.9 Å². The third kappa shape index (κ3) is 5.21. The van der Waals surface area contributed by atoms with Gasteiger partial charge in [0.15, 0.2) is 17.4 Å². The molecule has 7 nitrogen and oxygen atoms in total. The molecule has 1 fully saturated rings. The number of carbonyl (C=O) groups is 1. The summed E-state index contributed by atoms with van der Waals surface area (Å²) in [4.78, 5) is 12.3. The first-order valence-electron chi connectivity index (χ1n) is 12.6. The van der Waals surface area contributed by atoms with Crippen molar-refractivity contribution in [1.29, 1.82) is 0 Å². The van der Waals surface area contributed by atoms with E-state index in [9.17, 15) is 18.7 Å². The zero-order chi connectivity index (χ0) is 26.3. The highest BCUT2D eigenvalue weighted by Gasteiger charge is 2.24. The Morgan fingerprint density at radius 2 is 1.76 bits per heavy atom. The predicted octanol–water partition coefficient (Wildman–Crippen LogP) is 5.80. The van der Waals surface area contributed by atoms with E-state index in [1.165, 1.54) is 0 Å². The lowest BCUT2D eigenvalue weighted by molar-refractivity contribution is 0.0940. The van der Waals surface area contributed by atoms with Crippen LogP contribution in [0.2, 0.25) is 0 Å². The second kappa shape index (κ2) is 9.61. The monoisotopic (exact) mass is 507 g/mol. The summed E-state index contributed by atoms with van der Waals surface area (Å²) < 4.78 is 31.1. The van der Waals surface area contributed by atoms with Crippen LogP contribution in [0.5, 0.6) is 5.75 Å². The van der Waals surface area contributed by atoms with Crippen LogP contribution in [0.25, 0.3) is 22.0 Å². The molecule has 1 aliphatic carbocycles. The van der Waals surface area contributed by atoms with Crippen molar-refractivity contribution in [2.75, 3.05) is 6.54 Å². The Kier molecular flexibility index (Phi) is 6.47. The number of aromatic hydroxyl groups is 1. The van der Waals surface area contributed by atoms with Gasteiger partial charge in [-0.15, -0.1) is 0 Å². The van der Waals surface area contributed by atoms with Gasteiger partial charge in [-0.1, -0.05) is 12.1 Å². The Bertz CT molecular complexity index is 1420. The zero-order valence-electron chi connectivity index (χ0n) is 21.2. The summed E-state index contributed by atoms with van der Waals surface area (Å²) in [6, 6.07) is 8.27. The van der Waals surface area contributed by atoms with E-state index in [-0.39, 0.29) is 23.1 Å². The summed E-state index contributed by atoms with van der Waals surface area (Å²) in [6.45, 7) is 6.79. The van der Waals surface area contributed by atoms with Crippen molar-refractivity contribution < 1.29 is 18.7 Å². The normalized spacial score (nSPS) is 18.3. The largest absolute Gasteiger partial charge is 0.503 e. The average Bonchev–Trinajstić information content (AvgIpc) is 3.53. The number of nitrogens with zero attached hydrogens (tertiary/aromatic N) is 4. The molecular weight excluding hydrogens is 476 g/mol. The molecule has 194 valence electrons. The minimum Gasteiger partial charge on any atom is -0.503 e. The maximum absolute atomic E-state index is 13.5. The second-order valence-corrected chi connectivity index (χ2v) is 10.9. The SMILES string of the molecule is CC(C)(C)n1cc(-c2ccc3cn([C@H]4CC[C@H](CNC(=O)c5cc(F)c(O)c(F)c5)CC4)nc3c2)cn1. The van der Waals surface area contributed by atoms with Gasteiger partial charge in [-0.05, 0) is 76.1 Å². The highest BCUT2D eigenvalue weighted by Crippen LogP contribution is 2.33. The van der Waals surface area contributed by atoms with Crippen LogP contribution >= 0.6 is 0 Å². The van der Waals surface area contributed by atoms with Crippen LogP contribution in [-0.4, -0.2) is 37.1 Å². The van der Waals surface area contributed by atoms with Crippen LogP contribution in [0.4, 0.5) is 8.78 Å². The number of phenolic OH excluding ortho intramolecular Hbond substituents is 1. The topological polar surface area (TPSA) is 85.0 Å². The maximum atomic E-state index is 13.5. The van der Waals surface area contributed by atoms with E-state index in [4.69, 9.17) is 5.10 Å². The molecule has 2 aromatic heterocycles. The molecule has 0 spiro atoms. The highest BCUT2D eigenvalue weighted by atomic mass is 19.1. The Hall–Kier alpha value is -3.75. The Morgan fingerprint density at radius 3 is 2.41 bits per heavy atom. The molecule has 1 aliphatic rings. The number of fused-ring (bicyclic) bond motifs is 1. The smallest absolute Gasteiger partial charge is 0.251 e. The summed E-state index contributed by atoms with van der Waals surface area (Å²) >= 11 is 0. The fraction of sp³-hybridized carbons (Fsp3) is 0.393. The van der Waals surface area contributed by atoms with Crippen LogP contribution in [0.3, 0.4) is 0 Å². The number of hydrogen-bond donors (Lipinski definition) is 2. The number of benzene rings is 2. The molecule has 9 heteroatoms. The van der Waals surface area contributed by atoms with Gasteiger partial charge < -0.3 is 10.4 Å². The van der Waals surface area contributed by atoms with Gasteiger partial charge in [0.25, 0.3) is 5.91 Å². The third-order valence-corrected chi connectivity index (χ3v) is 7.15. The van der Waals surface area contributed by atoms with E-state index < -0.39 is 23.3 Å². The lowest BCUT2D eigenvalue weighted by Crippen LogP contribution is -2.31. The molecule has 1 saturated carbocycles. The first-order valence-corrected chi connectivity index (χ1v) is 12.6. The van der Waals surface area contributed by atoms with Gasteiger partial charge in [-0.25, -0.2) is 8.78 Å². The molecule has 5 rings (SSSR count). The van der Waals surface area contributed by atoms with E-state index in [1.807, 2.05) is 10.9 Å². The van der Waals surface area contributed by atoms with Gasteiger partial charge in [0.1, 0.15) is 0 Å². The molecule has 0 saturated heterocycles. The van der Waals surface area contributed by atoms with E-state index in [2.05, 4.69) is 66.5 Å². The quantitative estimate of drug-likeness (QED) is 0.358. The van der Waals surface area contributed by atoms with Gasteiger partial charge in [0, 0.05) is 35.5 Å². The Labute approximate surface area is 214 Å². The lowest BCUT2D eigenvalue weighted by atomic mass is 9.86. The van der Waals surface area contributed by atoms with Gasteiger partial charge in [-0.2, -0.15) is 10.2 Å². The molecule has 37 heavy (non-hydrogen) atoms. The van der Waals surface area contributed by atoms with E-state index in [0.717, 1.165) is 59.8 Å². The number of carbonyl (C=O) groups excluding carboxylic acids is 1. The molecule has 0 atom stereocenters.